The molecule has 3 aromatic rings. The summed E-state index contributed by atoms with van der Waals surface area (Å²) in [7, 11) is 1.53. The second-order valence-corrected chi connectivity index (χ2v) is 8.39. The highest BCUT2D eigenvalue weighted by Crippen LogP contribution is 2.29. The summed E-state index contributed by atoms with van der Waals surface area (Å²) < 4.78 is 18.4. The number of nitrogens with one attached hydrogen (secondary N) is 1. The lowest BCUT2D eigenvalue weighted by atomic mass is 10.0. The van der Waals surface area contributed by atoms with E-state index in [2.05, 4.69) is 10.2 Å². The molecule has 176 valence electrons. The van der Waals surface area contributed by atoms with E-state index in [0.29, 0.717) is 48.2 Å². The molecule has 1 saturated heterocycles. The van der Waals surface area contributed by atoms with Gasteiger partial charge in [-0.05, 0) is 48.0 Å². The van der Waals surface area contributed by atoms with Crippen molar-refractivity contribution in [2.75, 3.05) is 38.6 Å². The van der Waals surface area contributed by atoms with Crippen LogP contribution in [0.25, 0.3) is 0 Å². The number of hydrogen-bond donors (Lipinski definition) is 1. The summed E-state index contributed by atoms with van der Waals surface area (Å²) >= 11 is 6.22. The Kier molecular flexibility index (Phi) is 7.45. The van der Waals surface area contributed by atoms with Gasteiger partial charge < -0.3 is 15.0 Å². The monoisotopic (exact) mass is 481 g/mol. The van der Waals surface area contributed by atoms with Crippen molar-refractivity contribution in [3.8, 4) is 5.75 Å². The topological polar surface area (TPSA) is 61.9 Å². The molecule has 1 fully saturated rings. The first-order valence-corrected chi connectivity index (χ1v) is 11.3. The van der Waals surface area contributed by atoms with Crippen LogP contribution in [-0.2, 0) is 4.79 Å². The molecule has 34 heavy (non-hydrogen) atoms. The molecule has 1 aliphatic rings. The number of piperazine rings is 1. The standard InChI is InChI=1S/C26H25ClFN3O3/c1-34-23-12-11-21(17-22(23)27)29-25(32)24(18-5-3-2-4-6-18)30-13-15-31(16-14-30)26(33)19-7-9-20(28)10-8-19/h2-12,17,24H,13-16H2,1H3,(H,29,32). The number of nitrogens with zero attached hydrogens (tertiary/aromatic N) is 2. The van der Waals surface area contributed by atoms with Crippen molar-refractivity contribution in [1.29, 1.82) is 0 Å². The average molecular weight is 482 g/mol. The number of carbonyl (C=O) groups is 2. The van der Waals surface area contributed by atoms with E-state index in [1.165, 1.54) is 31.4 Å². The molecule has 6 nitrogen and oxygen atoms in total. The number of halogens is 2. The molecule has 8 heteroatoms. The Morgan fingerprint density at radius 2 is 1.65 bits per heavy atom. The van der Waals surface area contributed by atoms with Crippen LogP contribution in [-0.4, -0.2) is 54.9 Å². The van der Waals surface area contributed by atoms with E-state index < -0.39 is 6.04 Å². The summed E-state index contributed by atoms with van der Waals surface area (Å²) in [5.74, 6) is -0.184. The quantitative estimate of drug-likeness (QED) is 0.558. The van der Waals surface area contributed by atoms with Gasteiger partial charge in [0.15, 0.2) is 0 Å². The van der Waals surface area contributed by atoms with Gasteiger partial charge in [-0.2, -0.15) is 0 Å². The third-order valence-electron chi connectivity index (χ3n) is 5.84. The van der Waals surface area contributed by atoms with Crippen molar-refractivity contribution >= 4 is 29.1 Å². The minimum absolute atomic E-state index is 0.145. The van der Waals surface area contributed by atoms with Crippen LogP contribution in [0.4, 0.5) is 10.1 Å². The maximum atomic E-state index is 13.4. The van der Waals surface area contributed by atoms with Gasteiger partial charge in [-0.1, -0.05) is 41.9 Å². The molecular weight excluding hydrogens is 457 g/mol. The Morgan fingerprint density at radius 3 is 2.26 bits per heavy atom. The number of carbonyl (C=O) groups excluding carboxylic acids is 2. The van der Waals surface area contributed by atoms with Crippen LogP contribution in [0.5, 0.6) is 5.75 Å². The third-order valence-corrected chi connectivity index (χ3v) is 6.14. The second-order valence-electron chi connectivity index (χ2n) is 7.99. The summed E-state index contributed by atoms with van der Waals surface area (Å²) in [4.78, 5) is 30.0. The molecule has 0 aliphatic carbocycles. The predicted molar refractivity (Wildman–Crippen MR) is 130 cm³/mol. The summed E-state index contributed by atoms with van der Waals surface area (Å²) in [6.07, 6.45) is 0. The van der Waals surface area contributed by atoms with Crippen molar-refractivity contribution in [2.45, 2.75) is 6.04 Å². The number of hydrogen-bond acceptors (Lipinski definition) is 4. The number of amides is 2. The van der Waals surface area contributed by atoms with E-state index in [9.17, 15) is 14.0 Å². The Morgan fingerprint density at radius 1 is 0.971 bits per heavy atom. The average Bonchev–Trinajstić information content (AvgIpc) is 2.85. The molecule has 1 unspecified atom stereocenters. The molecule has 0 aromatic heterocycles. The summed E-state index contributed by atoms with van der Waals surface area (Å²) in [6, 6.07) is 19.6. The SMILES string of the molecule is COc1ccc(NC(=O)C(c2ccccc2)N2CCN(C(=O)c3ccc(F)cc3)CC2)cc1Cl. The summed E-state index contributed by atoms with van der Waals surface area (Å²) in [5, 5.41) is 3.37. The van der Waals surface area contributed by atoms with E-state index in [-0.39, 0.29) is 17.6 Å². The fourth-order valence-corrected chi connectivity index (χ4v) is 4.33. The van der Waals surface area contributed by atoms with E-state index in [1.807, 2.05) is 30.3 Å². The molecule has 1 heterocycles. The second kappa shape index (κ2) is 10.7. The molecule has 1 atom stereocenters. The van der Waals surface area contributed by atoms with Crippen LogP contribution in [0, 0.1) is 5.82 Å². The highest BCUT2D eigenvalue weighted by molar-refractivity contribution is 6.32. The summed E-state index contributed by atoms with van der Waals surface area (Å²) in [5.41, 5.74) is 1.88. The Balaban J connectivity index is 1.48. The van der Waals surface area contributed by atoms with Gasteiger partial charge >= 0.3 is 0 Å². The van der Waals surface area contributed by atoms with Gasteiger partial charge in [-0.25, -0.2) is 4.39 Å². The summed E-state index contributed by atoms with van der Waals surface area (Å²) in [6.45, 7) is 1.95. The van der Waals surface area contributed by atoms with Gasteiger partial charge in [-0.3, -0.25) is 14.5 Å². The van der Waals surface area contributed by atoms with Crippen LogP contribution in [0.2, 0.25) is 5.02 Å². The lowest BCUT2D eigenvalue weighted by molar-refractivity contribution is -0.122. The molecule has 0 radical (unpaired) electrons. The molecule has 0 spiro atoms. The van der Waals surface area contributed by atoms with Crippen molar-refractivity contribution in [3.05, 3.63) is 94.8 Å². The van der Waals surface area contributed by atoms with Gasteiger partial charge in [-0.15, -0.1) is 0 Å². The van der Waals surface area contributed by atoms with E-state index >= 15 is 0 Å². The van der Waals surface area contributed by atoms with Crippen LogP contribution >= 0.6 is 11.6 Å². The van der Waals surface area contributed by atoms with E-state index in [0.717, 1.165) is 5.56 Å². The lowest BCUT2D eigenvalue weighted by Crippen LogP contribution is -2.51. The first kappa shape index (κ1) is 23.7. The Hall–Kier alpha value is -3.42. The molecule has 1 aliphatic heterocycles. The Labute approximate surface area is 202 Å². The number of rotatable bonds is 6. The third kappa shape index (κ3) is 5.38. The van der Waals surface area contributed by atoms with Crippen molar-refractivity contribution in [1.82, 2.24) is 9.80 Å². The van der Waals surface area contributed by atoms with Gasteiger partial charge in [0.25, 0.3) is 5.91 Å². The first-order valence-electron chi connectivity index (χ1n) is 10.9. The zero-order valence-electron chi connectivity index (χ0n) is 18.7. The van der Waals surface area contributed by atoms with Gasteiger partial charge in [0.05, 0.1) is 12.1 Å². The largest absolute Gasteiger partial charge is 0.495 e. The Bertz CT molecular complexity index is 1150. The molecule has 2 amide bonds. The number of benzene rings is 3. The molecular formula is C26H25ClFN3O3. The van der Waals surface area contributed by atoms with Gasteiger partial charge in [0, 0.05) is 37.4 Å². The normalized spacial score (nSPS) is 15.0. The van der Waals surface area contributed by atoms with Gasteiger partial charge in [0.1, 0.15) is 17.6 Å². The predicted octanol–water partition coefficient (Wildman–Crippen LogP) is 4.63. The van der Waals surface area contributed by atoms with E-state index in [4.69, 9.17) is 16.3 Å². The highest BCUT2D eigenvalue weighted by Gasteiger charge is 2.32. The molecule has 1 N–H and O–H groups in total. The molecule has 0 bridgehead atoms. The number of anilines is 1. The minimum Gasteiger partial charge on any atom is -0.495 e. The maximum absolute atomic E-state index is 13.4. The molecule has 4 rings (SSSR count). The van der Waals surface area contributed by atoms with Crippen molar-refractivity contribution in [2.24, 2.45) is 0 Å². The maximum Gasteiger partial charge on any atom is 0.253 e. The van der Waals surface area contributed by atoms with Crippen LogP contribution < -0.4 is 10.1 Å². The smallest absolute Gasteiger partial charge is 0.253 e. The minimum atomic E-state index is -0.537. The fraction of sp³-hybridized carbons (Fsp3) is 0.231. The van der Waals surface area contributed by atoms with Crippen molar-refractivity contribution in [3.63, 3.8) is 0 Å². The zero-order valence-corrected chi connectivity index (χ0v) is 19.5. The fourth-order valence-electron chi connectivity index (χ4n) is 4.08. The molecule has 0 saturated carbocycles. The molecule has 3 aromatic carbocycles. The van der Waals surface area contributed by atoms with Crippen LogP contribution in [0.3, 0.4) is 0 Å². The first-order chi connectivity index (χ1) is 16.5. The lowest BCUT2D eigenvalue weighted by Gasteiger charge is -2.38. The number of ether oxygens (including phenoxy) is 1. The number of methoxy groups -OCH3 is 1. The highest BCUT2D eigenvalue weighted by atomic mass is 35.5. The van der Waals surface area contributed by atoms with Crippen LogP contribution in [0.1, 0.15) is 22.0 Å². The van der Waals surface area contributed by atoms with Crippen molar-refractivity contribution < 1.29 is 18.7 Å². The van der Waals surface area contributed by atoms with Gasteiger partial charge in [0.2, 0.25) is 5.91 Å². The van der Waals surface area contributed by atoms with E-state index in [1.54, 1.807) is 23.1 Å². The zero-order chi connectivity index (χ0) is 24.1. The van der Waals surface area contributed by atoms with Crippen LogP contribution in [0.15, 0.2) is 72.8 Å².